The molecule has 8 nitrogen and oxygen atoms in total. The molecule has 1 aliphatic heterocycles. The molecule has 0 unspecified atom stereocenters. The van der Waals surface area contributed by atoms with Crippen LogP contribution in [0.1, 0.15) is 37.8 Å². The van der Waals surface area contributed by atoms with Gasteiger partial charge in [-0.25, -0.2) is 0 Å². The summed E-state index contributed by atoms with van der Waals surface area (Å²) >= 11 is 5.28. The minimum atomic E-state index is -0.538. The number of thiocarbonyl (C=S) groups is 1. The number of carbonyl (C=O) groups excluding carboxylic acids is 2. The van der Waals surface area contributed by atoms with Gasteiger partial charge in [0.25, 0.3) is 17.5 Å². The van der Waals surface area contributed by atoms with Crippen LogP contribution in [-0.2, 0) is 9.59 Å². The molecule has 1 saturated heterocycles. The monoisotopic (exact) mass is 424 g/mol. The minimum absolute atomic E-state index is 0.000413. The first-order chi connectivity index (χ1) is 14.5. The molecule has 9 heteroatoms. The maximum Gasteiger partial charge on any atom is 0.271 e. The molecule has 1 aliphatic carbocycles. The van der Waals surface area contributed by atoms with Gasteiger partial charge in [0, 0.05) is 30.1 Å². The molecule has 0 radical (unpaired) electrons. The first-order valence-corrected chi connectivity index (χ1v) is 10.2. The molecular weight excluding hydrogens is 404 g/mol. The Hall–Kier alpha value is -3.33. The number of hydrogen-bond acceptors (Lipinski definition) is 5. The van der Waals surface area contributed by atoms with Gasteiger partial charge in [-0.3, -0.25) is 29.9 Å². The molecule has 1 aromatic carbocycles. The first kappa shape index (κ1) is 20.0. The van der Waals surface area contributed by atoms with Crippen LogP contribution in [-0.4, -0.2) is 37.4 Å². The van der Waals surface area contributed by atoms with E-state index in [9.17, 15) is 19.7 Å². The van der Waals surface area contributed by atoms with Crippen molar-refractivity contribution in [2.45, 2.75) is 38.1 Å². The zero-order chi connectivity index (χ0) is 21.3. The van der Waals surface area contributed by atoms with Crippen molar-refractivity contribution in [3.63, 3.8) is 0 Å². The third-order valence-electron chi connectivity index (χ3n) is 5.46. The molecule has 0 atom stereocenters. The lowest BCUT2D eigenvalue weighted by Gasteiger charge is -2.37. The summed E-state index contributed by atoms with van der Waals surface area (Å²) in [6.07, 6.45) is 8.14. The predicted octanol–water partition coefficient (Wildman–Crippen LogP) is 3.34. The van der Waals surface area contributed by atoms with E-state index < -0.39 is 16.7 Å². The molecule has 0 bridgehead atoms. The number of carbonyl (C=O) groups is 2. The van der Waals surface area contributed by atoms with Crippen molar-refractivity contribution in [3.8, 4) is 5.69 Å². The van der Waals surface area contributed by atoms with Gasteiger partial charge < -0.3 is 4.57 Å². The zero-order valence-corrected chi connectivity index (χ0v) is 16.9. The van der Waals surface area contributed by atoms with Gasteiger partial charge in [0.15, 0.2) is 5.11 Å². The number of rotatable bonds is 4. The summed E-state index contributed by atoms with van der Waals surface area (Å²) in [6.45, 7) is 0. The number of benzene rings is 1. The summed E-state index contributed by atoms with van der Waals surface area (Å²) in [5.41, 5.74) is 1.08. The van der Waals surface area contributed by atoms with E-state index in [-0.39, 0.29) is 22.4 Å². The van der Waals surface area contributed by atoms with E-state index in [0.29, 0.717) is 11.4 Å². The lowest BCUT2D eigenvalue weighted by Crippen LogP contribution is -2.57. The molecular formula is C21H20N4O4S. The fourth-order valence-electron chi connectivity index (χ4n) is 3.99. The van der Waals surface area contributed by atoms with Gasteiger partial charge in [-0.2, -0.15) is 0 Å². The SMILES string of the molecule is O=C1NC(=S)N(C2CCCCC2)C(=O)/C1=C/c1cccn1-c1cccc([N+](=O)[O-])c1. The van der Waals surface area contributed by atoms with E-state index in [2.05, 4.69) is 5.32 Å². The molecule has 2 aromatic rings. The third kappa shape index (κ3) is 3.76. The molecule has 4 rings (SSSR count). The Bertz CT molecular complexity index is 1070. The van der Waals surface area contributed by atoms with Crippen molar-refractivity contribution in [1.82, 2.24) is 14.8 Å². The van der Waals surface area contributed by atoms with Crippen LogP contribution in [0.5, 0.6) is 0 Å². The van der Waals surface area contributed by atoms with Gasteiger partial charge in [-0.15, -0.1) is 0 Å². The minimum Gasteiger partial charge on any atom is -0.317 e. The summed E-state index contributed by atoms with van der Waals surface area (Å²) in [5.74, 6) is -0.939. The molecule has 0 spiro atoms. The zero-order valence-electron chi connectivity index (χ0n) is 16.1. The number of nitro benzene ring substituents is 1. The average Bonchev–Trinajstić information content (AvgIpc) is 3.20. The van der Waals surface area contributed by atoms with E-state index in [0.717, 1.165) is 32.1 Å². The molecule has 30 heavy (non-hydrogen) atoms. The summed E-state index contributed by atoms with van der Waals surface area (Å²) in [4.78, 5) is 37.9. The molecule has 2 amide bonds. The van der Waals surface area contributed by atoms with E-state index in [1.54, 1.807) is 35.0 Å². The summed E-state index contributed by atoms with van der Waals surface area (Å²) < 4.78 is 1.69. The Kier molecular flexibility index (Phi) is 5.45. The number of nitrogens with one attached hydrogen (secondary N) is 1. The van der Waals surface area contributed by atoms with Crippen LogP contribution in [0.25, 0.3) is 11.8 Å². The topological polar surface area (TPSA) is 97.5 Å². The van der Waals surface area contributed by atoms with Gasteiger partial charge in [0.1, 0.15) is 5.57 Å². The van der Waals surface area contributed by atoms with Crippen molar-refractivity contribution < 1.29 is 14.5 Å². The van der Waals surface area contributed by atoms with Crippen LogP contribution in [0.2, 0.25) is 0 Å². The molecule has 1 aromatic heterocycles. The first-order valence-electron chi connectivity index (χ1n) is 9.78. The van der Waals surface area contributed by atoms with Crippen molar-refractivity contribution >= 4 is 40.9 Å². The second-order valence-electron chi connectivity index (χ2n) is 7.36. The molecule has 1 saturated carbocycles. The van der Waals surface area contributed by atoms with Crippen LogP contribution in [0.3, 0.4) is 0 Å². The van der Waals surface area contributed by atoms with Crippen molar-refractivity contribution in [1.29, 1.82) is 0 Å². The quantitative estimate of drug-likeness (QED) is 0.267. The maximum atomic E-state index is 13.2. The van der Waals surface area contributed by atoms with E-state index in [1.807, 2.05) is 0 Å². The van der Waals surface area contributed by atoms with Gasteiger partial charge >= 0.3 is 0 Å². The van der Waals surface area contributed by atoms with Gasteiger partial charge in [0.2, 0.25) is 0 Å². The number of aromatic nitrogens is 1. The smallest absolute Gasteiger partial charge is 0.271 e. The van der Waals surface area contributed by atoms with Gasteiger partial charge in [-0.1, -0.05) is 25.3 Å². The Morgan fingerprint density at radius 3 is 2.63 bits per heavy atom. The summed E-state index contributed by atoms with van der Waals surface area (Å²) in [6, 6.07) is 9.64. The highest BCUT2D eigenvalue weighted by atomic mass is 32.1. The van der Waals surface area contributed by atoms with Crippen LogP contribution in [0, 0.1) is 10.1 Å². The van der Waals surface area contributed by atoms with E-state index in [1.165, 1.54) is 23.1 Å². The standard InChI is InChI=1S/C21H20N4O4S/c26-19-18(20(27)24(21(30)22-19)14-6-2-1-3-7-14)13-16-10-5-11-23(16)15-8-4-9-17(12-15)25(28)29/h4-5,8-14H,1-3,6-7H2,(H,22,26,30)/b18-13+. The number of nitro groups is 1. The highest BCUT2D eigenvalue weighted by Gasteiger charge is 2.38. The van der Waals surface area contributed by atoms with Crippen molar-refractivity contribution in [3.05, 3.63) is 64.0 Å². The average molecular weight is 424 g/mol. The fraction of sp³-hybridized carbons (Fsp3) is 0.286. The molecule has 154 valence electrons. The van der Waals surface area contributed by atoms with Gasteiger partial charge in [0.05, 0.1) is 10.6 Å². The lowest BCUT2D eigenvalue weighted by molar-refractivity contribution is -0.384. The third-order valence-corrected chi connectivity index (χ3v) is 5.76. The predicted molar refractivity (Wildman–Crippen MR) is 115 cm³/mol. The highest BCUT2D eigenvalue weighted by Crippen LogP contribution is 2.27. The van der Waals surface area contributed by atoms with Crippen LogP contribution < -0.4 is 5.32 Å². The number of non-ortho nitro benzene ring substituents is 1. The molecule has 2 heterocycles. The Balaban J connectivity index is 1.69. The van der Waals surface area contributed by atoms with Gasteiger partial charge in [-0.05, 0) is 49.3 Å². The lowest BCUT2D eigenvalue weighted by atomic mass is 9.93. The number of hydrogen-bond donors (Lipinski definition) is 1. The number of amides is 2. The molecule has 1 N–H and O–H groups in total. The van der Waals surface area contributed by atoms with Crippen LogP contribution in [0.4, 0.5) is 5.69 Å². The maximum absolute atomic E-state index is 13.2. The van der Waals surface area contributed by atoms with E-state index in [4.69, 9.17) is 12.2 Å². The van der Waals surface area contributed by atoms with Crippen molar-refractivity contribution in [2.75, 3.05) is 0 Å². The summed E-state index contributed by atoms with van der Waals surface area (Å²) in [7, 11) is 0. The highest BCUT2D eigenvalue weighted by molar-refractivity contribution is 7.80. The molecule has 2 fully saturated rings. The normalized spacial score (nSPS) is 19.3. The van der Waals surface area contributed by atoms with Crippen LogP contribution >= 0.6 is 12.2 Å². The fourth-order valence-corrected chi connectivity index (χ4v) is 4.32. The number of nitrogens with zero attached hydrogens (tertiary/aromatic N) is 3. The van der Waals surface area contributed by atoms with Crippen molar-refractivity contribution in [2.24, 2.45) is 0 Å². The Labute approximate surface area is 178 Å². The second-order valence-corrected chi connectivity index (χ2v) is 7.75. The Morgan fingerprint density at radius 1 is 1.13 bits per heavy atom. The van der Waals surface area contributed by atoms with E-state index >= 15 is 0 Å². The van der Waals surface area contributed by atoms with Crippen LogP contribution in [0.15, 0.2) is 48.2 Å². The Morgan fingerprint density at radius 2 is 1.90 bits per heavy atom. The second kappa shape index (κ2) is 8.19. The summed E-state index contributed by atoms with van der Waals surface area (Å²) in [5, 5.41) is 13.9. The largest absolute Gasteiger partial charge is 0.317 e. The molecule has 2 aliphatic rings.